The van der Waals surface area contributed by atoms with E-state index in [9.17, 15) is 0 Å². The van der Waals surface area contributed by atoms with Crippen LogP contribution in [0.15, 0.2) is 60.7 Å². The Morgan fingerprint density at radius 2 is 0.695 bits per heavy atom. The third-order valence-electron chi connectivity index (χ3n) is 10.9. The van der Waals surface area contributed by atoms with Crippen molar-refractivity contribution in [2.24, 2.45) is 23.7 Å². The van der Waals surface area contributed by atoms with Crippen molar-refractivity contribution in [3.63, 3.8) is 0 Å². The molecule has 0 saturated carbocycles. The molecule has 3 aromatic carbocycles. The molecule has 0 aliphatic rings. The lowest BCUT2D eigenvalue weighted by molar-refractivity contribution is 0.636. The molecule has 0 bridgehead atoms. The van der Waals surface area contributed by atoms with Gasteiger partial charge in [0.1, 0.15) is 22.1 Å². The smallest absolute Gasteiger partial charge is 0.116 e. The standard InChI is InChI=1S/C50H52N4S5/c1-25(2)11-31-15-32(12-26(3)4)18-35(17-31)37-21-39-41(55-37)23-43(57-39)45-47-48(52-30(10)29(9)51-47)46(50-49(45)53-59-54-50)44-24-42-40(58-44)22-38(56-42)36-19-33(13-27(5)6)16-34(20-36)14-28(7)8/h15-28H,11-14H2,1-10H3. The van der Waals surface area contributed by atoms with E-state index in [1.807, 2.05) is 45.3 Å². The summed E-state index contributed by atoms with van der Waals surface area (Å²) in [6.07, 6.45) is 4.39. The third kappa shape index (κ3) is 8.18. The molecule has 0 aliphatic carbocycles. The number of hydrogen-bond acceptors (Lipinski definition) is 9. The van der Waals surface area contributed by atoms with Crippen LogP contribution in [0.4, 0.5) is 0 Å². The van der Waals surface area contributed by atoms with E-state index in [0.717, 1.165) is 70.3 Å². The van der Waals surface area contributed by atoms with Crippen molar-refractivity contribution in [3.05, 3.63) is 94.3 Å². The normalized spacial score (nSPS) is 12.4. The van der Waals surface area contributed by atoms with Gasteiger partial charge >= 0.3 is 0 Å². The van der Waals surface area contributed by atoms with Crippen molar-refractivity contribution >= 4 is 97.9 Å². The summed E-state index contributed by atoms with van der Waals surface area (Å²) in [4.78, 5) is 15.6. The molecular formula is C50H52N4S5. The van der Waals surface area contributed by atoms with Crippen LogP contribution in [0.2, 0.25) is 0 Å². The molecule has 59 heavy (non-hydrogen) atoms. The Kier molecular flexibility index (Phi) is 11.1. The molecule has 9 rings (SSSR count). The van der Waals surface area contributed by atoms with Gasteiger partial charge in [-0.25, -0.2) is 9.97 Å². The fraction of sp³-hybridized carbons (Fsp3) is 0.360. The maximum Gasteiger partial charge on any atom is 0.116 e. The first-order chi connectivity index (χ1) is 28.3. The number of thiophene rings is 4. The van der Waals surface area contributed by atoms with Crippen molar-refractivity contribution in [2.45, 2.75) is 94.9 Å². The molecular weight excluding hydrogens is 817 g/mol. The highest BCUT2D eigenvalue weighted by molar-refractivity contribution is 7.31. The van der Waals surface area contributed by atoms with Gasteiger partial charge < -0.3 is 0 Å². The molecule has 0 radical (unpaired) electrons. The summed E-state index contributed by atoms with van der Waals surface area (Å²) in [7, 11) is 0. The van der Waals surface area contributed by atoms with Crippen molar-refractivity contribution in [3.8, 4) is 41.8 Å². The maximum atomic E-state index is 5.30. The van der Waals surface area contributed by atoms with Crippen LogP contribution in [-0.2, 0) is 25.7 Å². The molecule has 0 N–H and O–H groups in total. The molecule has 0 fully saturated rings. The molecule has 0 aliphatic heterocycles. The van der Waals surface area contributed by atoms with E-state index in [0.29, 0.717) is 23.7 Å². The van der Waals surface area contributed by atoms with Crippen molar-refractivity contribution in [1.29, 1.82) is 0 Å². The summed E-state index contributed by atoms with van der Waals surface area (Å²) in [5, 5.41) is 0. The zero-order valence-electron chi connectivity index (χ0n) is 35.7. The summed E-state index contributed by atoms with van der Waals surface area (Å²) >= 11 is 8.75. The first kappa shape index (κ1) is 40.5. The lowest BCUT2D eigenvalue weighted by Gasteiger charge is -2.13. The maximum absolute atomic E-state index is 5.30. The zero-order valence-corrected chi connectivity index (χ0v) is 39.8. The molecule has 4 nitrogen and oxygen atoms in total. The van der Waals surface area contributed by atoms with Gasteiger partial charge in [-0.3, -0.25) is 0 Å². The van der Waals surface area contributed by atoms with Gasteiger partial charge in [0.15, 0.2) is 0 Å². The molecule has 0 atom stereocenters. The van der Waals surface area contributed by atoms with Gasteiger partial charge in [-0.2, -0.15) is 8.75 Å². The highest BCUT2D eigenvalue weighted by Gasteiger charge is 2.26. The van der Waals surface area contributed by atoms with Crippen molar-refractivity contribution in [2.75, 3.05) is 0 Å². The Balaban J connectivity index is 1.13. The second-order valence-electron chi connectivity index (χ2n) is 18.2. The first-order valence-electron chi connectivity index (χ1n) is 21.0. The van der Waals surface area contributed by atoms with Crippen LogP contribution in [0.3, 0.4) is 0 Å². The molecule has 302 valence electrons. The minimum Gasteiger partial charge on any atom is -0.249 e. The van der Waals surface area contributed by atoms with Crippen molar-refractivity contribution in [1.82, 2.24) is 18.7 Å². The number of hydrogen-bond donors (Lipinski definition) is 0. The minimum absolute atomic E-state index is 0.621. The fourth-order valence-electron chi connectivity index (χ4n) is 8.53. The topological polar surface area (TPSA) is 51.6 Å². The van der Waals surface area contributed by atoms with Gasteiger partial charge in [-0.15, -0.1) is 45.3 Å². The van der Waals surface area contributed by atoms with Gasteiger partial charge in [-0.05, 0) is 121 Å². The predicted octanol–water partition coefficient (Wildman–Crippen LogP) is 16.3. The summed E-state index contributed by atoms with van der Waals surface area (Å²) < 4.78 is 15.2. The highest BCUT2D eigenvalue weighted by Crippen LogP contribution is 2.50. The highest BCUT2D eigenvalue weighted by atomic mass is 32.1. The Bertz CT molecular complexity index is 2680. The van der Waals surface area contributed by atoms with Crippen molar-refractivity contribution < 1.29 is 0 Å². The monoisotopic (exact) mass is 868 g/mol. The number of rotatable bonds is 12. The van der Waals surface area contributed by atoms with E-state index in [1.165, 1.54) is 83.4 Å². The second-order valence-corrected chi connectivity index (χ2v) is 23.0. The van der Waals surface area contributed by atoms with Gasteiger partial charge in [0.2, 0.25) is 0 Å². The lowest BCUT2D eigenvalue weighted by atomic mass is 9.94. The zero-order chi connectivity index (χ0) is 41.3. The average molecular weight is 869 g/mol. The lowest BCUT2D eigenvalue weighted by Crippen LogP contribution is -1.99. The van der Waals surface area contributed by atoms with E-state index >= 15 is 0 Å². The number of benzene rings is 3. The molecule has 9 aromatic rings. The second kappa shape index (κ2) is 16.2. The van der Waals surface area contributed by atoms with E-state index in [-0.39, 0.29) is 0 Å². The van der Waals surface area contributed by atoms with Crippen LogP contribution in [0, 0.1) is 37.5 Å². The molecule has 0 amide bonds. The average Bonchev–Trinajstić information content (AvgIpc) is 3.97. The van der Waals surface area contributed by atoms with E-state index < -0.39 is 0 Å². The molecule has 6 heterocycles. The molecule has 0 saturated heterocycles. The number of aromatic nitrogens is 4. The van der Waals surface area contributed by atoms with Crippen LogP contribution in [0.25, 0.3) is 82.6 Å². The van der Waals surface area contributed by atoms with Crippen LogP contribution in [0.1, 0.15) is 89.0 Å². The SMILES string of the molecule is Cc1nc2c(-c3cc4sc(-c5cc(CC(C)C)cc(CC(C)C)c5)cc4s3)c3nsnc3c(-c3cc4sc(-c5cc(CC(C)C)cc(CC(C)C)c5)cc4s3)c2nc1C. The van der Waals surface area contributed by atoms with E-state index in [2.05, 4.69) is 130 Å². The van der Waals surface area contributed by atoms with Crippen LogP contribution in [0.5, 0.6) is 0 Å². The quantitative estimate of drug-likeness (QED) is 0.123. The van der Waals surface area contributed by atoms with E-state index in [4.69, 9.17) is 18.7 Å². The van der Waals surface area contributed by atoms with Crippen LogP contribution >= 0.6 is 57.1 Å². The number of aryl methyl sites for hydroxylation is 2. The molecule has 6 aromatic heterocycles. The molecule has 9 heteroatoms. The van der Waals surface area contributed by atoms with E-state index in [1.54, 1.807) is 0 Å². The Morgan fingerprint density at radius 1 is 0.390 bits per heavy atom. The summed E-state index contributed by atoms with van der Waals surface area (Å²) in [5.74, 6) is 2.48. The third-order valence-corrected chi connectivity index (χ3v) is 16.1. The summed E-state index contributed by atoms with van der Waals surface area (Å²) in [6, 6.07) is 24.0. The summed E-state index contributed by atoms with van der Waals surface area (Å²) in [5.41, 5.74) is 16.1. The molecule has 0 unspecified atom stereocenters. The molecule has 0 spiro atoms. The van der Waals surface area contributed by atoms with Gasteiger partial charge in [0.05, 0.1) is 23.1 Å². The van der Waals surface area contributed by atoms with Gasteiger partial charge in [0, 0.05) is 49.4 Å². The number of nitrogens with zero attached hydrogens (tertiary/aromatic N) is 4. The largest absolute Gasteiger partial charge is 0.249 e. The Hall–Kier alpha value is -3.86. The predicted molar refractivity (Wildman–Crippen MR) is 262 cm³/mol. The summed E-state index contributed by atoms with van der Waals surface area (Å²) in [6.45, 7) is 22.6. The number of fused-ring (bicyclic) bond motifs is 4. The van der Waals surface area contributed by atoms with Gasteiger partial charge in [-0.1, -0.05) is 91.8 Å². The van der Waals surface area contributed by atoms with Gasteiger partial charge in [0.25, 0.3) is 0 Å². The first-order valence-corrected chi connectivity index (χ1v) is 25.0. The van der Waals surface area contributed by atoms with Crippen LogP contribution in [-0.4, -0.2) is 18.7 Å². The fourth-order valence-corrected chi connectivity index (χ4v) is 13.9. The Morgan fingerprint density at radius 3 is 1.02 bits per heavy atom. The minimum atomic E-state index is 0.621. The Labute approximate surface area is 368 Å². The van der Waals surface area contributed by atoms with Crippen LogP contribution < -0.4 is 0 Å².